The predicted octanol–water partition coefficient (Wildman–Crippen LogP) is 2.88. The molecule has 1 atom stereocenters. The standard InChI is InChI=1S/C19H20ClFN6O/c1-11-8-26(4-3-22-11)14-6-16(21)17(23-7-14)19(28)25-13-5-15(20)18-24-12(2)9-27(18)10-13/h5-7,9-11,22H,3-4,8H2,1-2H3,(H,25,28). The molecule has 2 N–H and O–H groups in total. The van der Waals surface area contributed by atoms with Crippen LogP contribution in [0.1, 0.15) is 23.1 Å². The average molecular weight is 403 g/mol. The lowest BCUT2D eigenvalue weighted by Crippen LogP contribution is -2.49. The summed E-state index contributed by atoms with van der Waals surface area (Å²) >= 11 is 6.22. The highest BCUT2D eigenvalue weighted by molar-refractivity contribution is 6.33. The van der Waals surface area contributed by atoms with Crippen molar-refractivity contribution in [2.45, 2.75) is 19.9 Å². The summed E-state index contributed by atoms with van der Waals surface area (Å²) in [5.41, 5.74) is 2.24. The fourth-order valence-corrected chi connectivity index (χ4v) is 3.63. The maximum absolute atomic E-state index is 14.6. The number of aromatic nitrogens is 3. The van der Waals surface area contributed by atoms with Crippen molar-refractivity contribution in [3.8, 4) is 0 Å². The number of nitrogens with zero attached hydrogens (tertiary/aromatic N) is 4. The number of nitrogens with one attached hydrogen (secondary N) is 2. The Morgan fingerprint density at radius 3 is 2.96 bits per heavy atom. The molecule has 7 nitrogen and oxygen atoms in total. The second-order valence-corrected chi connectivity index (χ2v) is 7.38. The SMILES string of the molecule is Cc1cn2cc(NC(=O)c3ncc(N4CCNC(C)C4)cc3F)cc(Cl)c2n1. The van der Waals surface area contributed by atoms with Gasteiger partial charge in [-0.25, -0.2) is 14.4 Å². The summed E-state index contributed by atoms with van der Waals surface area (Å²) < 4.78 is 16.3. The topological polar surface area (TPSA) is 74.6 Å². The zero-order valence-electron chi connectivity index (χ0n) is 15.5. The number of pyridine rings is 2. The number of fused-ring (bicyclic) bond motifs is 1. The van der Waals surface area contributed by atoms with Crippen LogP contribution >= 0.6 is 11.6 Å². The van der Waals surface area contributed by atoms with E-state index in [9.17, 15) is 9.18 Å². The van der Waals surface area contributed by atoms with E-state index in [1.807, 2.05) is 11.8 Å². The molecule has 1 saturated heterocycles. The molecule has 1 unspecified atom stereocenters. The maximum atomic E-state index is 14.6. The third-order valence-electron chi connectivity index (χ3n) is 4.66. The molecule has 1 fully saturated rings. The second-order valence-electron chi connectivity index (χ2n) is 6.97. The van der Waals surface area contributed by atoms with Crippen LogP contribution in [0.3, 0.4) is 0 Å². The van der Waals surface area contributed by atoms with Crippen LogP contribution < -0.4 is 15.5 Å². The van der Waals surface area contributed by atoms with Crippen LogP contribution in [0.5, 0.6) is 0 Å². The molecule has 1 amide bonds. The second kappa shape index (κ2) is 7.37. The zero-order chi connectivity index (χ0) is 19.8. The van der Waals surface area contributed by atoms with Crippen molar-refractivity contribution in [2.24, 2.45) is 0 Å². The molecule has 0 aromatic carbocycles. The lowest BCUT2D eigenvalue weighted by molar-refractivity contribution is 0.101. The molecule has 0 spiro atoms. The molecule has 3 aromatic heterocycles. The molecule has 0 saturated carbocycles. The Bertz CT molecular complexity index is 1050. The Balaban J connectivity index is 1.55. The highest BCUT2D eigenvalue weighted by Crippen LogP contribution is 2.23. The molecule has 1 aliphatic rings. The number of rotatable bonds is 3. The van der Waals surface area contributed by atoms with E-state index in [2.05, 4.69) is 27.5 Å². The maximum Gasteiger partial charge on any atom is 0.277 e. The van der Waals surface area contributed by atoms with E-state index in [-0.39, 0.29) is 5.69 Å². The predicted molar refractivity (Wildman–Crippen MR) is 107 cm³/mol. The third kappa shape index (κ3) is 3.65. The molecule has 1 aliphatic heterocycles. The minimum atomic E-state index is -0.660. The van der Waals surface area contributed by atoms with E-state index in [1.165, 1.54) is 12.3 Å². The summed E-state index contributed by atoms with van der Waals surface area (Å²) in [5.74, 6) is -1.29. The Morgan fingerprint density at radius 1 is 1.39 bits per heavy atom. The van der Waals surface area contributed by atoms with Crippen molar-refractivity contribution in [2.75, 3.05) is 29.9 Å². The Kier molecular flexibility index (Phi) is 4.91. The number of amides is 1. The van der Waals surface area contributed by atoms with Crippen molar-refractivity contribution in [1.82, 2.24) is 19.7 Å². The quantitative estimate of drug-likeness (QED) is 0.704. The smallest absolute Gasteiger partial charge is 0.277 e. The number of piperazine rings is 1. The van der Waals surface area contributed by atoms with E-state index < -0.39 is 11.7 Å². The van der Waals surface area contributed by atoms with Gasteiger partial charge in [0.2, 0.25) is 0 Å². The fraction of sp³-hybridized carbons (Fsp3) is 0.316. The third-order valence-corrected chi connectivity index (χ3v) is 4.94. The Labute approximate surface area is 166 Å². The minimum Gasteiger partial charge on any atom is -0.367 e. The van der Waals surface area contributed by atoms with Gasteiger partial charge in [0.05, 0.1) is 28.3 Å². The normalized spacial score (nSPS) is 17.1. The van der Waals surface area contributed by atoms with E-state index in [0.717, 1.165) is 25.3 Å². The first-order valence-corrected chi connectivity index (χ1v) is 9.38. The lowest BCUT2D eigenvalue weighted by atomic mass is 10.2. The molecule has 28 heavy (non-hydrogen) atoms. The van der Waals surface area contributed by atoms with E-state index in [0.29, 0.717) is 28.1 Å². The van der Waals surface area contributed by atoms with Crippen molar-refractivity contribution < 1.29 is 9.18 Å². The molecule has 4 heterocycles. The van der Waals surface area contributed by atoms with Gasteiger partial charge in [-0.2, -0.15) is 0 Å². The first kappa shape index (κ1) is 18.6. The summed E-state index contributed by atoms with van der Waals surface area (Å²) in [5, 5.41) is 6.38. The number of hydrogen-bond donors (Lipinski definition) is 2. The van der Waals surface area contributed by atoms with Gasteiger partial charge in [-0.3, -0.25) is 4.79 Å². The van der Waals surface area contributed by atoms with Gasteiger partial charge in [-0.05, 0) is 19.9 Å². The van der Waals surface area contributed by atoms with Gasteiger partial charge >= 0.3 is 0 Å². The lowest BCUT2D eigenvalue weighted by Gasteiger charge is -2.33. The van der Waals surface area contributed by atoms with Crippen LogP contribution in [-0.4, -0.2) is 46.0 Å². The van der Waals surface area contributed by atoms with Gasteiger partial charge in [0.1, 0.15) is 0 Å². The molecular weight excluding hydrogens is 383 g/mol. The van der Waals surface area contributed by atoms with Crippen LogP contribution in [0.15, 0.2) is 30.7 Å². The van der Waals surface area contributed by atoms with Gasteiger partial charge in [-0.15, -0.1) is 0 Å². The van der Waals surface area contributed by atoms with E-state index in [4.69, 9.17) is 11.6 Å². The van der Waals surface area contributed by atoms with Crippen molar-refractivity contribution in [3.05, 3.63) is 53.0 Å². The van der Waals surface area contributed by atoms with Crippen molar-refractivity contribution in [1.29, 1.82) is 0 Å². The minimum absolute atomic E-state index is 0.259. The van der Waals surface area contributed by atoms with Gasteiger partial charge in [0.25, 0.3) is 5.91 Å². The number of imidazole rings is 1. The molecule has 0 bridgehead atoms. The van der Waals surface area contributed by atoms with Crippen molar-refractivity contribution >= 4 is 34.5 Å². The molecule has 146 valence electrons. The molecular formula is C19H20ClFN6O. The Hall–Kier alpha value is -2.71. The van der Waals surface area contributed by atoms with Crippen LogP contribution in [0.2, 0.25) is 5.02 Å². The first-order chi connectivity index (χ1) is 13.4. The summed E-state index contributed by atoms with van der Waals surface area (Å²) in [6, 6.07) is 3.25. The average Bonchev–Trinajstić information content (AvgIpc) is 3.02. The highest BCUT2D eigenvalue weighted by Gasteiger charge is 2.20. The van der Waals surface area contributed by atoms with E-state index in [1.54, 1.807) is 22.9 Å². The van der Waals surface area contributed by atoms with Gasteiger partial charge in [0, 0.05) is 44.1 Å². The molecule has 0 radical (unpaired) electrons. The molecule has 4 rings (SSSR count). The largest absolute Gasteiger partial charge is 0.367 e. The van der Waals surface area contributed by atoms with Crippen LogP contribution in [-0.2, 0) is 0 Å². The summed E-state index contributed by atoms with van der Waals surface area (Å²) in [6.45, 7) is 6.26. The van der Waals surface area contributed by atoms with Gasteiger partial charge in [0.15, 0.2) is 17.2 Å². The number of aryl methyl sites for hydroxylation is 1. The number of halogens is 2. The number of carbonyl (C=O) groups excluding carboxylic acids is 1. The van der Waals surface area contributed by atoms with Gasteiger partial charge in [-0.1, -0.05) is 11.6 Å². The number of anilines is 2. The summed E-state index contributed by atoms with van der Waals surface area (Å²) in [4.78, 5) is 22.9. The summed E-state index contributed by atoms with van der Waals surface area (Å²) in [6.07, 6.45) is 5.00. The zero-order valence-corrected chi connectivity index (χ0v) is 16.3. The molecule has 9 heteroatoms. The molecule has 3 aromatic rings. The van der Waals surface area contributed by atoms with Crippen LogP contribution in [0.25, 0.3) is 5.65 Å². The first-order valence-electron chi connectivity index (χ1n) is 9.01. The number of carbonyl (C=O) groups is 1. The Morgan fingerprint density at radius 2 is 2.21 bits per heavy atom. The van der Waals surface area contributed by atoms with Gasteiger partial charge < -0.3 is 19.9 Å². The summed E-state index contributed by atoms with van der Waals surface area (Å²) in [7, 11) is 0. The molecule has 0 aliphatic carbocycles. The number of hydrogen-bond acceptors (Lipinski definition) is 5. The van der Waals surface area contributed by atoms with Crippen LogP contribution in [0, 0.1) is 12.7 Å². The van der Waals surface area contributed by atoms with E-state index >= 15 is 0 Å². The monoisotopic (exact) mass is 402 g/mol. The fourth-order valence-electron chi connectivity index (χ4n) is 3.37. The highest BCUT2D eigenvalue weighted by atomic mass is 35.5. The van der Waals surface area contributed by atoms with Crippen LogP contribution in [0.4, 0.5) is 15.8 Å². The van der Waals surface area contributed by atoms with Crippen molar-refractivity contribution in [3.63, 3.8) is 0 Å².